The third-order valence-corrected chi connectivity index (χ3v) is 14.0. The second-order valence-electron chi connectivity index (χ2n) is 19.3. The first kappa shape index (κ1) is 70.1. The Morgan fingerprint density at radius 2 is 0.569 bits per heavy atom. The zero-order chi connectivity index (χ0) is 53.4. The minimum atomic E-state index is -4.93. The maximum atomic E-state index is 12.8. The van der Waals surface area contributed by atoms with Gasteiger partial charge in [-0.15, -0.1) is 0 Å². The summed E-state index contributed by atoms with van der Waals surface area (Å²) >= 11 is 0. The van der Waals surface area contributed by atoms with Gasteiger partial charge in [0.15, 0.2) is 12.2 Å². The average Bonchev–Trinajstić information content (AvgIpc) is 3.35. The molecule has 3 N–H and O–H groups in total. The molecule has 5 atom stereocenters. The van der Waals surface area contributed by atoms with E-state index in [0.29, 0.717) is 25.7 Å². The Kier molecular flexibility index (Phi) is 47.4. The number of esters is 4. The summed E-state index contributed by atoms with van der Waals surface area (Å²) in [5.74, 6) is -2.19. The molecular formula is C53H102O17P2. The number of aliphatic hydroxyl groups excluding tert-OH is 1. The minimum absolute atomic E-state index is 0.104. The normalized spacial score (nSPS) is 14.5. The van der Waals surface area contributed by atoms with Crippen LogP contribution in [-0.4, -0.2) is 96.7 Å². The third-order valence-electron chi connectivity index (χ3n) is 12.1. The fourth-order valence-electron chi connectivity index (χ4n) is 7.67. The van der Waals surface area contributed by atoms with Gasteiger partial charge in [0.25, 0.3) is 0 Å². The summed E-state index contributed by atoms with van der Waals surface area (Å²) in [5.41, 5.74) is 0. The Balaban J connectivity index is 5.09. The third kappa shape index (κ3) is 47.8. The largest absolute Gasteiger partial charge is 0.472 e. The maximum Gasteiger partial charge on any atom is 0.472 e. The van der Waals surface area contributed by atoms with Crippen LogP contribution in [0, 0.1) is 0 Å². The molecule has 19 heteroatoms. The summed E-state index contributed by atoms with van der Waals surface area (Å²) in [6.07, 6.45) is 30.4. The Hall–Kier alpha value is -1.94. The first-order chi connectivity index (χ1) is 34.7. The highest BCUT2D eigenvalue weighted by Crippen LogP contribution is 2.45. The highest BCUT2D eigenvalue weighted by atomic mass is 31.2. The van der Waals surface area contributed by atoms with E-state index in [4.69, 9.17) is 37.0 Å². The number of carbonyl (C=O) groups is 4. The summed E-state index contributed by atoms with van der Waals surface area (Å²) in [5, 5.41) is 10.4. The van der Waals surface area contributed by atoms with E-state index >= 15 is 0 Å². The molecule has 0 amide bonds. The first-order valence-corrected chi connectivity index (χ1v) is 31.3. The predicted octanol–water partition coefficient (Wildman–Crippen LogP) is 13.6. The Morgan fingerprint density at radius 1 is 0.333 bits per heavy atom. The SMILES string of the molecule is CCCCCCCCCCCCCC(=O)O[C@H](COC(=O)CCCCCCCCCCC)COP(=O)(O)OC[C@H](O)COP(=O)(O)OC[C@@H](COC(=O)CCCC)OC(=O)CCCCCCCCCCCC. The van der Waals surface area contributed by atoms with Crippen LogP contribution in [0.1, 0.15) is 259 Å². The van der Waals surface area contributed by atoms with Crippen LogP contribution in [0.4, 0.5) is 0 Å². The van der Waals surface area contributed by atoms with Crippen molar-refractivity contribution in [2.75, 3.05) is 39.6 Å². The minimum Gasteiger partial charge on any atom is -0.462 e. The van der Waals surface area contributed by atoms with Crippen LogP contribution < -0.4 is 0 Å². The molecule has 0 spiro atoms. The lowest BCUT2D eigenvalue weighted by atomic mass is 10.1. The molecule has 0 aliphatic heterocycles. The van der Waals surface area contributed by atoms with E-state index in [1.54, 1.807) is 0 Å². The van der Waals surface area contributed by atoms with Gasteiger partial charge in [-0.25, -0.2) is 9.13 Å². The zero-order valence-corrected chi connectivity index (χ0v) is 47.2. The standard InChI is InChI=1S/C53H102O17P2/c1-5-9-13-16-19-22-24-27-30-33-36-40-53(58)70-49(44-64-51(56)38-34-31-28-25-21-18-15-11-7-3)46-68-72(61,62)66-42-47(54)41-65-71(59,60)67-45-48(43-63-50(55)37-12-8-4)69-52(57)39-35-32-29-26-23-20-17-14-10-6-2/h47-49,54H,5-46H2,1-4H3,(H,59,60)(H,61,62)/t47-,48-,49-/m1/s1. The number of unbranched alkanes of at least 4 members (excludes halogenated alkanes) is 28. The van der Waals surface area contributed by atoms with Crippen molar-refractivity contribution in [3.8, 4) is 0 Å². The lowest BCUT2D eigenvalue weighted by molar-refractivity contribution is -0.161. The van der Waals surface area contributed by atoms with Crippen molar-refractivity contribution in [1.29, 1.82) is 0 Å². The highest BCUT2D eigenvalue weighted by molar-refractivity contribution is 7.47. The van der Waals surface area contributed by atoms with E-state index in [1.807, 2.05) is 6.92 Å². The molecule has 0 aliphatic carbocycles. The quantitative estimate of drug-likeness (QED) is 0.0222. The van der Waals surface area contributed by atoms with Gasteiger partial charge in [-0.05, 0) is 25.7 Å². The summed E-state index contributed by atoms with van der Waals surface area (Å²) in [6.45, 7) is 4.52. The van der Waals surface area contributed by atoms with Gasteiger partial charge in [-0.1, -0.05) is 207 Å². The molecule has 72 heavy (non-hydrogen) atoms. The van der Waals surface area contributed by atoms with Crippen molar-refractivity contribution in [3.05, 3.63) is 0 Å². The first-order valence-electron chi connectivity index (χ1n) is 28.3. The zero-order valence-electron chi connectivity index (χ0n) is 45.4. The van der Waals surface area contributed by atoms with Crippen LogP contribution in [0.2, 0.25) is 0 Å². The van der Waals surface area contributed by atoms with Crippen LogP contribution in [0.3, 0.4) is 0 Å². The van der Waals surface area contributed by atoms with Crippen LogP contribution in [0.5, 0.6) is 0 Å². The number of carbonyl (C=O) groups excluding carboxylic acids is 4. The van der Waals surface area contributed by atoms with Crippen molar-refractivity contribution in [2.45, 2.75) is 277 Å². The van der Waals surface area contributed by atoms with E-state index in [9.17, 15) is 43.2 Å². The second-order valence-corrected chi connectivity index (χ2v) is 22.2. The average molecular weight is 1070 g/mol. The summed E-state index contributed by atoms with van der Waals surface area (Å²) in [7, 11) is -9.84. The Bertz CT molecular complexity index is 1420. The Morgan fingerprint density at radius 3 is 0.861 bits per heavy atom. The molecule has 0 aromatic rings. The van der Waals surface area contributed by atoms with Gasteiger partial charge >= 0.3 is 39.5 Å². The van der Waals surface area contributed by atoms with Crippen LogP contribution in [0.25, 0.3) is 0 Å². The van der Waals surface area contributed by atoms with E-state index in [-0.39, 0.29) is 25.7 Å². The van der Waals surface area contributed by atoms with Crippen LogP contribution >= 0.6 is 15.6 Å². The van der Waals surface area contributed by atoms with Crippen molar-refractivity contribution in [3.63, 3.8) is 0 Å². The predicted molar refractivity (Wildman–Crippen MR) is 280 cm³/mol. The topological polar surface area (TPSA) is 237 Å². The molecule has 426 valence electrons. The monoisotopic (exact) mass is 1070 g/mol. The van der Waals surface area contributed by atoms with Crippen molar-refractivity contribution in [1.82, 2.24) is 0 Å². The molecule has 0 rings (SSSR count). The van der Waals surface area contributed by atoms with Gasteiger partial charge in [0.1, 0.15) is 19.3 Å². The molecule has 0 radical (unpaired) electrons. The Labute approximate surface area is 435 Å². The molecule has 0 aliphatic rings. The van der Waals surface area contributed by atoms with Crippen molar-refractivity contribution < 1.29 is 80.2 Å². The van der Waals surface area contributed by atoms with Gasteiger partial charge in [0.05, 0.1) is 26.4 Å². The van der Waals surface area contributed by atoms with Crippen molar-refractivity contribution >= 4 is 39.5 Å². The number of phosphoric acid groups is 2. The summed E-state index contributed by atoms with van der Waals surface area (Å²) in [4.78, 5) is 71.0. The summed E-state index contributed by atoms with van der Waals surface area (Å²) in [6, 6.07) is 0. The number of phosphoric ester groups is 2. The van der Waals surface area contributed by atoms with E-state index in [2.05, 4.69) is 20.8 Å². The van der Waals surface area contributed by atoms with Crippen LogP contribution in [0.15, 0.2) is 0 Å². The van der Waals surface area contributed by atoms with Gasteiger partial charge in [0.2, 0.25) is 0 Å². The van der Waals surface area contributed by atoms with Crippen molar-refractivity contribution in [2.24, 2.45) is 0 Å². The molecule has 0 aromatic carbocycles. The van der Waals surface area contributed by atoms with E-state index in [0.717, 1.165) is 77.0 Å². The molecular weight excluding hydrogens is 971 g/mol. The molecule has 0 aromatic heterocycles. The second kappa shape index (κ2) is 48.7. The van der Waals surface area contributed by atoms with Gasteiger partial charge in [-0.2, -0.15) is 0 Å². The molecule has 0 heterocycles. The van der Waals surface area contributed by atoms with E-state index in [1.165, 1.54) is 103 Å². The molecule has 0 fully saturated rings. The lowest BCUT2D eigenvalue weighted by Gasteiger charge is -2.21. The van der Waals surface area contributed by atoms with Gasteiger partial charge in [-0.3, -0.25) is 37.3 Å². The lowest BCUT2D eigenvalue weighted by Crippen LogP contribution is -2.30. The number of hydrogen-bond donors (Lipinski definition) is 3. The maximum absolute atomic E-state index is 12.8. The number of rotatable bonds is 54. The number of ether oxygens (including phenoxy) is 4. The van der Waals surface area contributed by atoms with Crippen LogP contribution in [-0.2, 0) is 65.4 Å². The van der Waals surface area contributed by atoms with Gasteiger partial charge < -0.3 is 33.8 Å². The molecule has 2 unspecified atom stereocenters. The fourth-order valence-corrected chi connectivity index (χ4v) is 9.25. The number of hydrogen-bond acceptors (Lipinski definition) is 15. The molecule has 0 saturated heterocycles. The van der Waals surface area contributed by atoms with E-state index < -0.39 is 97.5 Å². The highest BCUT2D eigenvalue weighted by Gasteiger charge is 2.30. The number of aliphatic hydroxyl groups is 1. The molecule has 17 nitrogen and oxygen atoms in total. The fraction of sp³-hybridized carbons (Fsp3) is 0.925. The molecule has 0 bridgehead atoms. The van der Waals surface area contributed by atoms with Gasteiger partial charge in [0, 0.05) is 25.7 Å². The molecule has 0 saturated carbocycles. The summed E-state index contributed by atoms with van der Waals surface area (Å²) < 4.78 is 67.0. The smallest absolute Gasteiger partial charge is 0.462 e.